The number of pyridine rings is 1. The number of carbonyl (C=O) groups excluding carboxylic acids is 1. The van der Waals surface area contributed by atoms with Gasteiger partial charge in [-0.3, -0.25) is 4.98 Å². The van der Waals surface area contributed by atoms with Gasteiger partial charge in [0.05, 0.1) is 23.9 Å². The van der Waals surface area contributed by atoms with Gasteiger partial charge in [-0.05, 0) is 78.3 Å². The van der Waals surface area contributed by atoms with Crippen molar-refractivity contribution in [3.63, 3.8) is 0 Å². The van der Waals surface area contributed by atoms with Crippen LogP contribution in [0.3, 0.4) is 0 Å². The van der Waals surface area contributed by atoms with Crippen molar-refractivity contribution in [1.29, 1.82) is 0 Å². The lowest BCUT2D eigenvalue weighted by Crippen LogP contribution is -2.09. The molecule has 0 N–H and O–H groups in total. The minimum absolute atomic E-state index is 0.223. The number of fused-ring (bicyclic) bond motifs is 1. The Hall–Kier alpha value is -3.47. The zero-order chi connectivity index (χ0) is 22.2. The van der Waals surface area contributed by atoms with Gasteiger partial charge < -0.3 is 9.30 Å². The maximum atomic E-state index is 13.6. The summed E-state index contributed by atoms with van der Waals surface area (Å²) in [4.78, 5) is 17.0. The van der Waals surface area contributed by atoms with E-state index in [2.05, 4.69) is 34.7 Å². The zero-order valence-electron chi connectivity index (χ0n) is 18.3. The van der Waals surface area contributed by atoms with Gasteiger partial charge in [0.2, 0.25) is 0 Å². The molecule has 2 aromatic carbocycles. The molecule has 5 heteroatoms. The highest BCUT2D eigenvalue weighted by Crippen LogP contribution is 2.40. The molecule has 162 valence electrons. The first kappa shape index (κ1) is 20.4. The first-order valence-corrected chi connectivity index (χ1v) is 10.9. The van der Waals surface area contributed by atoms with Gasteiger partial charge in [0, 0.05) is 30.7 Å². The number of halogens is 1. The standard InChI is InChI=1S/C27H25FN2O2/c1-17-10-19(13-25-24(27(31)32-2)14-22(15-29-25)20-6-7-20)11-21-8-9-30(26(17)21)16-18-4-3-5-23(28)12-18/h3-5,8-12,14-15,20H,6-7,13,16H2,1-2H3. The van der Waals surface area contributed by atoms with E-state index < -0.39 is 0 Å². The number of hydrogen-bond acceptors (Lipinski definition) is 3. The first-order chi connectivity index (χ1) is 15.5. The number of methoxy groups -OCH3 is 1. The Morgan fingerprint density at radius 3 is 2.75 bits per heavy atom. The van der Waals surface area contributed by atoms with Crippen LogP contribution in [0.5, 0.6) is 0 Å². The Labute approximate surface area is 186 Å². The molecule has 1 saturated carbocycles. The molecule has 0 spiro atoms. The molecule has 32 heavy (non-hydrogen) atoms. The van der Waals surface area contributed by atoms with Gasteiger partial charge in [-0.15, -0.1) is 0 Å². The minimum Gasteiger partial charge on any atom is -0.465 e. The topological polar surface area (TPSA) is 44.1 Å². The third-order valence-electron chi connectivity index (χ3n) is 6.17. The number of carbonyl (C=O) groups is 1. The Kier molecular flexibility index (Phi) is 5.25. The summed E-state index contributed by atoms with van der Waals surface area (Å²) in [5.41, 5.74) is 6.69. The summed E-state index contributed by atoms with van der Waals surface area (Å²) < 4.78 is 20.8. The van der Waals surface area contributed by atoms with Crippen LogP contribution >= 0.6 is 0 Å². The van der Waals surface area contributed by atoms with E-state index in [0.717, 1.165) is 51.7 Å². The number of ether oxygens (including phenoxy) is 1. The quantitative estimate of drug-likeness (QED) is 0.365. The van der Waals surface area contributed by atoms with Gasteiger partial charge in [-0.2, -0.15) is 0 Å². The molecule has 2 aromatic heterocycles. The smallest absolute Gasteiger partial charge is 0.339 e. The predicted octanol–water partition coefficient (Wildman–Crippen LogP) is 5.79. The van der Waals surface area contributed by atoms with Crippen molar-refractivity contribution in [3.8, 4) is 0 Å². The first-order valence-electron chi connectivity index (χ1n) is 10.9. The van der Waals surface area contributed by atoms with E-state index >= 15 is 0 Å². The van der Waals surface area contributed by atoms with Gasteiger partial charge in [-0.25, -0.2) is 9.18 Å². The normalized spacial score (nSPS) is 13.5. The maximum Gasteiger partial charge on any atom is 0.339 e. The monoisotopic (exact) mass is 428 g/mol. The van der Waals surface area contributed by atoms with E-state index in [4.69, 9.17) is 4.74 Å². The highest BCUT2D eigenvalue weighted by Gasteiger charge is 2.26. The second-order valence-electron chi connectivity index (χ2n) is 8.63. The Balaban J connectivity index is 1.46. The van der Waals surface area contributed by atoms with Crippen LogP contribution in [0.15, 0.2) is 60.9 Å². The molecule has 5 rings (SSSR count). The summed E-state index contributed by atoms with van der Waals surface area (Å²) >= 11 is 0. The van der Waals surface area contributed by atoms with Crippen molar-refractivity contribution >= 4 is 16.9 Å². The fourth-order valence-corrected chi connectivity index (χ4v) is 4.48. The van der Waals surface area contributed by atoms with Crippen molar-refractivity contribution in [2.75, 3.05) is 7.11 Å². The molecule has 4 aromatic rings. The van der Waals surface area contributed by atoms with E-state index in [1.165, 1.54) is 13.2 Å². The van der Waals surface area contributed by atoms with Crippen LogP contribution in [0.1, 0.15) is 57.1 Å². The van der Waals surface area contributed by atoms with Crippen LogP contribution in [0.2, 0.25) is 0 Å². The van der Waals surface area contributed by atoms with Crippen molar-refractivity contribution in [3.05, 3.63) is 100 Å². The summed E-state index contributed by atoms with van der Waals surface area (Å²) in [6, 6.07) is 15.0. The van der Waals surface area contributed by atoms with E-state index in [1.54, 1.807) is 12.1 Å². The molecule has 0 aliphatic heterocycles. The van der Waals surface area contributed by atoms with Crippen LogP contribution in [-0.2, 0) is 17.7 Å². The minimum atomic E-state index is -0.339. The van der Waals surface area contributed by atoms with Crippen molar-refractivity contribution < 1.29 is 13.9 Å². The molecule has 1 aliphatic rings. The van der Waals surface area contributed by atoms with Crippen molar-refractivity contribution in [2.24, 2.45) is 0 Å². The number of aromatic nitrogens is 2. The molecular formula is C27H25FN2O2. The second kappa shape index (κ2) is 8.23. The molecule has 1 aliphatic carbocycles. The summed E-state index contributed by atoms with van der Waals surface area (Å²) in [5.74, 6) is -0.0370. The summed E-state index contributed by atoms with van der Waals surface area (Å²) in [7, 11) is 1.41. The van der Waals surface area contributed by atoms with Crippen LogP contribution in [0.4, 0.5) is 4.39 Å². The molecule has 1 fully saturated rings. The Morgan fingerprint density at radius 2 is 2.00 bits per heavy atom. The third kappa shape index (κ3) is 4.03. The fourth-order valence-electron chi connectivity index (χ4n) is 4.48. The fraction of sp³-hybridized carbons (Fsp3) is 0.259. The number of aryl methyl sites for hydroxylation is 1. The van der Waals surface area contributed by atoms with E-state index in [0.29, 0.717) is 24.4 Å². The van der Waals surface area contributed by atoms with Gasteiger partial charge >= 0.3 is 5.97 Å². The average Bonchev–Trinajstić information content (AvgIpc) is 3.55. The molecule has 0 atom stereocenters. The van der Waals surface area contributed by atoms with Crippen LogP contribution in [0, 0.1) is 12.7 Å². The summed E-state index contributed by atoms with van der Waals surface area (Å²) in [6.07, 6.45) is 6.81. The average molecular weight is 429 g/mol. The number of benzene rings is 2. The largest absolute Gasteiger partial charge is 0.465 e. The summed E-state index contributed by atoms with van der Waals surface area (Å²) in [5, 5.41) is 1.12. The van der Waals surface area contributed by atoms with Gasteiger partial charge in [0.1, 0.15) is 5.82 Å². The second-order valence-corrected chi connectivity index (χ2v) is 8.63. The van der Waals surface area contributed by atoms with Gasteiger partial charge in [0.15, 0.2) is 0 Å². The maximum absolute atomic E-state index is 13.6. The van der Waals surface area contributed by atoms with E-state index in [1.807, 2.05) is 24.5 Å². The van der Waals surface area contributed by atoms with Gasteiger partial charge in [-0.1, -0.05) is 18.2 Å². The number of nitrogens with zero attached hydrogens (tertiary/aromatic N) is 2. The number of rotatable bonds is 6. The lowest BCUT2D eigenvalue weighted by Gasteiger charge is -2.12. The third-order valence-corrected chi connectivity index (χ3v) is 6.17. The molecule has 4 nitrogen and oxygen atoms in total. The molecule has 2 heterocycles. The highest BCUT2D eigenvalue weighted by molar-refractivity contribution is 5.91. The van der Waals surface area contributed by atoms with Crippen LogP contribution in [0.25, 0.3) is 10.9 Å². The molecule has 0 amide bonds. The molecule has 0 unspecified atom stereocenters. The highest BCUT2D eigenvalue weighted by atomic mass is 19.1. The van der Waals surface area contributed by atoms with Crippen LogP contribution in [-0.4, -0.2) is 22.6 Å². The van der Waals surface area contributed by atoms with Crippen LogP contribution < -0.4 is 0 Å². The predicted molar refractivity (Wildman–Crippen MR) is 123 cm³/mol. The molecule has 0 saturated heterocycles. The lowest BCUT2D eigenvalue weighted by molar-refractivity contribution is 0.0599. The molecule has 0 bridgehead atoms. The van der Waals surface area contributed by atoms with E-state index in [-0.39, 0.29) is 11.8 Å². The zero-order valence-corrected chi connectivity index (χ0v) is 18.3. The Bertz CT molecular complexity index is 1320. The molecular weight excluding hydrogens is 403 g/mol. The number of esters is 1. The lowest BCUT2D eigenvalue weighted by atomic mass is 9.99. The van der Waals surface area contributed by atoms with Crippen molar-refractivity contribution in [1.82, 2.24) is 9.55 Å². The van der Waals surface area contributed by atoms with Gasteiger partial charge in [0.25, 0.3) is 0 Å². The van der Waals surface area contributed by atoms with E-state index in [9.17, 15) is 9.18 Å². The number of hydrogen-bond donors (Lipinski definition) is 0. The SMILES string of the molecule is COC(=O)c1cc(C2CC2)cnc1Cc1cc(C)c2c(ccn2Cc2cccc(F)c2)c1. The Morgan fingerprint density at radius 1 is 1.16 bits per heavy atom. The molecule has 0 radical (unpaired) electrons. The van der Waals surface area contributed by atoms with Crippen molar-refractivity contribution in [2.45, 2.75) is 38.6 Å². The summed E-state index contributed by atoms with van der Waals surface area (Å²) in [6.45, 7) is 2.69.